The second-order valence-electron chi connectivity index (χ2n) is 9.48. The second kappa shape index (κ2) is 7.82. The van der Waals surface area contributed by atoms with Crippen molar-refractivity contribution in [2.24, 2.45) is 28.6 Å². The van der Waals surface area contributed by atoms with Gasteiger partial charge in [-0.2, -0.15) is 0 Å². The number of aliphatic hydroxyl groups is 1. The van der Waals surface area contributed by atoms with Gasteiger partial charge in [0.25, 0.3) is 0 Å². The molecule has 1 saturated carbocycles. The van der Waals surface area contributed by atoms with Crippen molar-refractivity contribution in [2.45, 2.75) is 86.2 Å². The summed E-state index contributed by atoms with van der Waals surface area (Å²) in [7, 11) is 0. The van der Waals surface area contributed by atoms with Crippen LogP contribution >= 0.6 is 0 Å². The molecule has 3 heteroatoms. The van der Waals surface area contributed by atoms with Crippen LogP contribution in [0.5, 0.6) is 0 Å². The van der Waals surface area contributed by atoms with Gasteiger partial charge in [0.2, 0.25) is 0 Å². The number of fused-ring (bicyclic) bond motifs is 1. The van der Waals surface area contributed by atoms with E-state index < -0.39 is 0 Å². The molecule has 3 nitrogen and oxygen atoms in total. The van der Waals surface area contributed by atoms with E-state index in [1.807, 2.05) is 0 Å². The Labute approximate surface area is 154 Å². The lowest BCUT2D eigenvalue weighted by atomic mass is 9.47. The highest BCUT2D eigenvalue weighted by atomic mass is 16.5. The SMILES string of the molecule is CC(=O)OCCC(C)CCC1C(C)=CCC2C(C)(C)C(O)CCC12C. The third-order valence-corrected chi connectivity index (χ3v) is 7.39. The van der Waals surface area contributed by atoms with Gasteiger partial charge in [0.15, 0.2) is 0 Å². The van der Waals surface area contributed by atoms with Crippen molar-refractivity contribution in [3.63, 3.8) is 0 Å². The lowest BCUT2D eigenvalue weighted by Crippen LogP contribution is -2.54. The van der Waals surface area contributed by atoms with Crippen LogP contribution in [-0.4, -0.2) is 23.8 Å². The Bertz CT molecular complexity index is 507. The number of carbonyl (C=O) groups excluding carboxylic acids is 1. The van der Waals surface area contributed by atoms with Gasteiger partial charge in [-0.1, -0.05) is 39.3 Å². The number of rotatable bonds is 6. The molecule has 144 valence electrons. The van der Waals surface area contributed by atoms with Crippen LogP contribution in [0.4, 0.5) is 0 Å². The monoisotopic (exact) mass is 350 g/mol. The molecule has 0 spiro atoms. The number of hydrogen-bond acceptors (Lipinski definition) is 3. The summed E-state index contributed by atoms with van der Waals surface area (Å²) in [6.45, 7) is 13.6. The van der Waals surface area contributed by atoms with Crippen molar-refractivity contribution < 1.29 is 14.6 Å². The molecule has 25 heavy (non-hydrogen) atoms. The van der Waals surface area contributed by atoms with E-state index in [9.17, 15) is 9.90 Å². The Morgan fingerprint density at radius 3 is 2.68 bits per heavy atom. The van der Waals surface area contributed by atoms with E-state index in [0.29, 0.717) is 24.4 Å². The minimum absolute atomic E-state index is 0.0105. The van der Waals surface area contributed by atoms with Crippen LogP contribution in [0.2, 0.25) is 0 Å². The van der Waals surface area contributed by atoms with Crippen LogP contribution in [0.15, 0.2) is 11.6 Å². The van der Waals surface area contributed by atoms with Gasteiger partial charge >= 0.3 is 5.97 Å². The van der Waals surface area contributed by atoms with Crippen molar-refractivity contribution in [3.05, 3.63) is 11.6 Å². The molecule has 0 aromatic carbocycles. The molecule has 5 unspecified atom stereocenters. The van der Waals surface area contributed by atoms with Gasteiger partial charge in [0.1, 0.15) is 0 Å². The smallest absolute Gasteiger partial charge is 0.302 e. The highest BCUT2D eigenvalue weighted by Gasteiger charge is 2.54. The zero-order valence-corrected chi connectivity index (χ0v) is 17.1. The fourth-order valence-electron chi connectivity index (χ4n) is 5.59. The van der Waals surface area contributed by atoms with Crippen molar-refractivity contribution >= 4 is 5.97 Å². The second-order valence-corrected chi connectivity index (χ2v) is 9.48. The van der Waals surface area contributed by atoms with Gasteiger partial charge in [-0.25, -0.2) is 0 Å². The van der Waals surface area contributed by atoms with Crippen molar-refractivity contribution in [2.75, 3.05) is 6.61 Å². The minimum atomic E-state index is -0.184. The predicted octanol–water partition coefficient (Wildman–Crippen LogP) is 5.13. The summed E-state index contributed by atoms with van der Waals surface area (Å²) in [6.07, 6.45) is 8.71. The molecule has 5 atom stereocenters. The first-order valence-corrected chi connectivity index (χ1v) is 10.1. The minimum Gasteiger partial charge on any atom is -0.466 e. The largest absolute Gasteiger partial charge is 0.466 e. The van der Waals surface area contributed by atoms with Crippen LogP contribution in [0.3, 0.4) is 0 Å². The maximum absolute atomic E-state index is 10.9. The van der Waals surface area contributed by atoms with E-state index in [-0.39, 0.29) is 22.9 Å². The molecule has 2 aliphatic rings. The third kappa shape index (κ3) is 4.30. The zero-order chi connectivity index (χ0) is 18.8. The Morgan fingerprint density at radius 2 is 2.04 bits per heavy atom. The van der Waals surface area contributed by atoms with Crippen LogP contribution in [0.1, 0.15) is 80.1 Å². The lowest BCUT2D eigenvalue weighted by Gasteiger charge is -2.58. The first kappa shape index (κ1) is 20.5. The topological polar surface area (TPSA) is 46.5 Å². The molecule has 0 aromatic rings. The van der Waals surface area contributed by atoms with Gasteiger partial charge in [0, 0.05) is 6.92 Å². The standard InChI is InChI=1S/C22H38O3/c1-15(12-14-25-17(3)23)7-9-18-16(2)8-10-19-21(4,5)20(24)11-13-22(18,19)6/h8,15,18-20,24H,7,9-14H2,1-6H3. The van der Waals surface area contributed by atoms with Crippen molar-refractivity contribution in [1.82, 2.24) is 0 Å². The fraction of sp³-hybridized carbons (Fsp3) is 0.864. The quantitative estimate of drug-likeness (QED) is 0.534. The normalized spacial score (nSPS) is 35.5. The average molecular weight is 351 g/mol. The average Bonchev–Trinajstić information content (AvgIpc) is 2.50. The summed E-state index contributed by atoms with van der Waals surface area (Å²) >= 11 is 0. The summed E-state index contributed by atoms with van der Waals surface area (Å²) in [5, 5.41) is 10.5. The molecular formula is C22H38O3. The number of hydrogen-bond donors (Lipinski definition) is 1. The Hall–Kier alpha value is -0.830. The molecular weight excluding hydrogens is 312 g/mol. The summed E-state index contributed by atoms with van der Waals surface area (Å²) in [5.74, 6) is 1.54. The van der Waals surface area contributed by atoms with Crippen LogP contribution < -0.4 is 0 Å². The summed E-state index contributed by atoms with van der Waals surface area (Å²) in [6, 6.07) is 0. The zero-order valence-electron chi connectivity index (χ0n) is 17.1. The highest BCUT2D eigenvalue weighted by Crippen LogP contribution is 2.60. The summed E-state index contributed by atoms with van der Waals surface area (Å²) in [4.78, 5) is 10.9. The van der Waals surface area contributed by atoms with Crippen LogP contribution in [-0.2, 0) is 9.53 Å². The number of allylic oxidation sites excluding steroid dienone is 2. The number of carbonyl (C=O) groups is 1. The van der Waals surface area contributed by atoms with Gasteiger partial charge in [-0.3, -0.25) is 4.79 Å². The molecule has 0 radical (unpaired) electrons. The molecule has 1 fully saturated rings. The van der Waals surface area contributed by atoms with Crippen LogP contribution in [0, 0.1) is 28.6 Å². The van der Waals surface area contributed by atoms with E-state index in [2.05, 4.69) is 40.7 Å². The number of esters is 1. The van der Waals surface area contributed by atoms with E-state index in [4.69, 9.17) is 4.74 Å². The molecule has 0 bridgehead atoms. The van der Waals surface area contributed by atoms with Gasteiger partial charge in [0.05, 0.1) is 12.7 Å². The van der Waals surface area contributed by atoms with E-state index in [1.54, 1.807) is 0 Å². The van der Waals surface area contributed by atoms with Gasteiger partial charge in [-0.05, 0) is 74.0 Å². The molecule has 2 aliphatic carbocycles. The van der Waals surface area contributed by atoms with Crippen molar-refractivity contribution in [1.29, 1.82) is 0 Å². The number of ether oxygens (including phenoxy) is 1. The Morgan fingerprint density at radius 1 is 1.36 bits per heavy atom. The summed E-state index contributed by atoms with van der Waals surface area (Å²) < 4.78 is 5.09. The summed E-state index contributed by atoms with van der Waals surface area (Å²) in [5.41, 5.74) is 1.82. The van der Waals surface area contributed by atoms with E-state index >= 15 is 0 Å². The maximum Gasteiger partial charge on any atom is 0.302 e. The van der Waals surface area contributed by atoms with Gasteiger partial charge in [-0.15, -0.1) is 0 Å². The molecule has 0 heterocycles. The third-order valence-electron chi connectivity index (χ3n) is 7.39. The molecule has 0 aromatic heterocycles. The lowest BCUT2D eigenvalue weighted by molar-refractivity contribution is -0.141. The predicted molar refractivity (Wildman–Crippen MR) is 102 cm³/mol. The van der Waals surface area contributed by atoms with Crippen LogP contribution in [0.25, 0.3) is 0 Å². The highest BCUT2D eigenvalue weighted by molar-refractivity contribution is 5.65. The van der Waals surface area contributed by atoms with E-state index in [1.165, 1.54) is 25.3 Å². The maximum atomic E-state index is 10.9. The Balaban J connectivity index is 2.03. The first-order chi connectivity index (χ1) is 11.6. The first-order valence-electron chi connectivity index (χ1n) is 10.1. The van der Waals surface area contributed by atoms with Crippen molar-refractivity contribution in [3.8, 4) is 0 Å². The molecule has 1 N–H and O–H groups in total. The van der Waals surface area contributed by atoms with Gasteiger partial charge < -0.3 is 9.84 Å². The molecule has 0 saturated heterocycles. The molecule has 2 rings (SSSR count). The van der Waals surface area contributed by atoms with E-state index in [0.717, 1.165) is 25.7 Å². The Kier molecular flexibility index (Phi) is 6.40. The number of aliphatic hydroxyl groups excluding tert-OH is 1. The molecule has 0 amide bonds. The molecule has 0 aliphatic heterocycles. The fourth-order valence-corrected chi connectivity index (χ4v) is 5.59.